The largest absolute Gasteiger partial charge is 0.332 e. The van der Waals surface area contributed by atoms with Gasteiger partial charge >= 0.3 is 5.69 Å². The van der Waals surface area contributed by atoms with E-state index in [2.05, 4.69) is 18.4 Å². The Hall–Kier alpha value is -1.85. The molecule has 5 atom stereocenters. The summed E-state index contributed by atoms with van der Waals surface area (Å²) in [5.74, 6) is 4.79. The standard InChI is InChI=1S/C22H32N4O2/c1-4-7-25-20-18(21(27)26(8-5-2)22(25)28)24(6-3)19(23-20)17-15-10-13-9-14(12-15)16(17)11-13/h13-17H,4-12H2,1-3H3. The van der Waals surface area contributed by atoms with Crippen LogP contribution in [0, 0.1) is 23.7 Å². The van der Waals surface area contributed by atoms with E-state index in [1.807, 2.05) is 6.92 Å². The first kappa shape index (κ1) is 18.2. The summed E-state index contributed by atoms with van der Waals surface area (Å²) in [6, 6.07) is 0. The Bertz CT molecular complexity index is 1030. The summed E-state index contributed by atoms with van der Waals surface area (Å²) in [6.07, 6.45) is 7.02. The van der Waals surface area contributed by atoms with Gasteiger partial charge in [-0.2, -0.15) is 0 Å². The number of hydrogen-bond acceptors (Lipinski definition) is 3. The van der Waals surface area contributed by atoms with Gasteiger partial charge in [-0.3, -0.25) is 13.9 Å². The number of hydrogen-bond donors (Lipinski definition) is 0. The van der Waals surface area contributed by atoms with Crippen LogP contribution in [0.15, 0.2) is 9.59 Å². The van der Waals surface area contributed by atoms with E-state index in [1.54, 1.807) is 4.57 Å². The second-order valence-corrected chi connectivity index (χ2v) is 9.30. The summed E-state index contributed by atoms with van der Waals surface area (Å²) in [4.78, 5) is 31.4. The van der Waals surface area contributed by atoms with Crippen LogP contribution in [0.2, 0.25) is 0 Å². The molecule has 0 radical (unpaired) electrons. The Morgan fingerprint density at radius 1 is 0.893 bits per heavy atom. The first-order valence-corrected chi connectivity index (χ1v) is 11.3. The molecule has 28 heavy (non-hydrogen) atoms. The second kappa shape index (κ2) is 6.60. The van der Waals surface area contributed by atoms with Gasteiger partial charge in [0, 0.05) is 25.6 Å². The molecule has 2 aromatic rings. The summed E-state index contributed by atoms with van der Waals surface area (Å²) in [7, 11) is 0. The molecule has 0 saturated heterocycles. The molecule has 5 unspecified atom stereocenters. The van der Waals surface area contributed by atoms with Crippen LogP contribution >= 0.6 is 0 Å². The summed E-state index contributed by atoms with van der Waals surface area (Å²) in [5.41, 5.74) is 0.930. The zero-order valence-corrected chi connectivity index (χ0v) is 17.4. The minimum atomic E-state index is -0.192. The zero-order valence-electron chi connectivity index (χ0n) is 17.4. The van der Waals surface area contributed by atoms with E-state index in [-0.39, 0.29) is 11.2 Å². The van der Waals surface area contributed by atoms with Gasteiger partial charge in [0.1, 0.15) is 5.82 Å². The van der Waals surface area contributed by atoms with Crippen molar-refractivity contribution in [2.45, 2.75) is 84.8 Å². The van der Waals surface area contributed by atoms with Crippen molar-refractivity contribution in [3.05, 3.63) is 26.7 Å². The molecule has 152 valence electrons. The van der Waals surface area contributed by atoms with Crippen molar-refractivity contribution in [3.8, 4) is 0 Å². The first-order chi connectivity index (χ1) is 13.6. The normalized spacial score (nSPS) is 30.8. The van der Waals surface area contributed by atoms with E-state index < -0.39 is 0 Å². The van der Waals surface area contributed by atoms with Crippen LogP contribution < -0.4 is 11.2 Å². The average molecular weight is 385 g/mol. The van der Waals surface area contributed by atoms with Crippen LogP contribution in [0.3, 0.4) is 0 Å². The third-order valence-corrected chi connectivity index (χ3v) is 7.71. The molecular formula is C22H32N4O2. The minimum absolute atomic E-state index is 0.151. The Morgan fingerprint density at radius 2 is 1.61 bits per heavy atom. The highest BCUT2D eigenvalue weighted by Gasteiger charge is 2.55. The van der Waals surface area contributed by atoms with E-state index in [0.717, 1.165) is 43.0 Å². The van der Waals surface area contributed by atoms with Gasteiger partial charge in [0.2, 0.25) is 0 Å². The Morgan fingerprint density at radius 3 is 2.29 bits per heavy atom. The molecule has 0 spiro atoms. The van der Waals surface area contributed by atoms with Crippen molar-refractivity contribution in [3.63, 3.8) is 0 Å². The molecule has 4 bridgehead atoms. The quantitative estimate of drug-likeness (QED) is 0.767. The molecule has 4 aliphatic carbocycles. The van der Waals surface area contributed by atoms with Crippen molar-refractivity contribution >= 4 is 11.2 Å². The van der Waals surface area contributed by atoms with Gasteiger partial charge in [-0.15, -0.1) is 0 Å². The third-order valence-electron chi connectivity index (χ3n) is 7.71. The summed E-state index contributed by atoms with van der Waals surface area (Å²) in [5, 5.41) is 0. The fourth-order valence-corrected chi connectivity index (χ4v) is 6.87. The van der Waals surface area contributed by atoms with Gasteiger partial charge in [-0.1, -0.05) is 13.8 Å². The van der Waals surface area contributed by atoms with Crippen molar-refractivity contribution < 1.29 is 0 Å². The smallest absolute Gasteiger partial charge is 0.322 e. The summed E-state index contributed by atoms with van der Waals surface area (Å²) >= 11 is 0. The number of rotatable bonds is 6. The first-order valence-electron chi connectivity index (χ1n) is 11.3. The molecule has 6 rings (SSSR count). The fourth-order valence-electron chi connectivity index (χ4n) is 6.87. The van der Waals surface area contributed by atoms with E-state index in [9.17, 15) is 9.59 Å². The van der Waals surface area contributed by atoms with Crippen molar-refractivity contribution in [1.29, 1.82) is 0 Å². The van der Waals surface area contributed by atoms with Gasteiger partial charge in [0.25, 0.3) is 5.56 Å². The van der Waals surface area contributed by atoms with E-state index in [0.29, 0.717) is 36.1 Å². The Balaban J connectivity index is 1.76. The second-order valence-electron chi connectivity index (χ2n) is 9.30. The Labute approximate surface area is 165 Å². The molecule has 4 saturated carbocycles. The number of aryl methyl sites for hydroxylation is 2. The molecule has 6 heteroatoms. The highest BCUT2D eigenvalue weighted by molar-refractivity contribution is 5.71. The average Bonchev–Trinajstić information content (AvgIpc) is 3.27. The van der Waals surface area contributed by atoms with Crippen molar-refractivity contribution in [1.82, 2.24) is 18.7 Å². The monoisotopic (exact) mass is 384 g/mol. The molecule has 2 heterocycles. The van der Waals surface area contributed by atoms with Crippen LogP contribution in [-0.2, 0) is 19.6 Å². The predicted molar refractivity (Wildman–Crippen MR) is 110 cm³/mol. The fraction of sp³-hybridized carbons (Fsp3) is 0.773. The molecule has 0 aromatic carbocycles. The molecule has 0 N–H and O–H groups in total. The maximum Gasteiger partial charge on any atom is 0.332 e. The number of fused-ring (bicyclic) bond motifs is 1. The van der Waals surface area contributed by atoms with Gasteiger partial charge in [-0.05, 0) is 69.1 Å². The van der Waals surface area contributed by atoms with E-state index >= 15 is 0 Å². The van der Waals surface area contributed by atoms with Gasteiger partial charge in [0.15, 0.2) is 11.2 Å². The molecular weight excluding hydrogens is 352 g/mol. The molecule has 2 aromatic heterocycles. The molecule has 4 fully saturated rings. The molecule has 0 amide bonds. The van der Waals surface area contributed by atoms with Crippen LogP contribution in [0.4, 0.5) is 0 Å². The lowest BCUT2D eigenvalue weighted by Gasteiger charge is -2.31. The number of aromatic nitrogens is 4. The minimum Gasteiger partial charge on any atom is -0.322 e. The summed E-state index contributed by atoms with van der Waals surface area (Å²) < 4.78 is 5.35. The van der Waals surface area contributed by atoms with Crippen LogP contribution in [0.25, 0.3) is 11.2 Å². The lowest BCUT2D eigenvalue weighted by Crippen LogP contribution is -2.40. The number of nitrogens with zero attached hydrogens (tertiary/aromatic N) is 4. The topological polar surface area (TPSA) is 61.8 Å². The van der Waals surface area contributed by atoms with Gasteiger partial charge in [0.05, 0.1) is 0 Å². The zero-order chi connectivity index (χ0) is 19.6. The highest BCUT2D eigenvalue weighted by atomic mass is 16.2. The molecule has 6 nitrogen and oxygen atoms in total. The predicted octanol–water partition coefficient (Wildman–Crippen LogP) is 3.35. The summed E-state index contributed by atoms with van der Waals surface area (Å²) in [6.45, 7) is 8.01. The highest BCUT2D eigenvalue weighted by Crippen LogP contribution is 2.64. The lowest BCUT2D eigenvalue weighted by atomic mass is 9.75. The van der Waals surface area contributed by atoms with Gasteiger partial charge in [-0.25, -0.2) is 9.78 Å². The Kier molecular flexibility index (Phi) is 4.29. The third kappa shape index (κ3) is 2.35. The maximum absolute atomic E-state index is 13.3. The van der Waals surface area contributed by atoms with Crippen LogP contribution in [0.1, 0.15) is 71.0 Å². The SMILES string of the molecule is CCCn1c(=O)c2c(nc(C3C4CC5CC(C4)C3C5)n2CC)n(CCC)c1=O. The van der Waals surface area contributed by atoms with Crippen molar-refractivity contribution in [2.75, 3.05) is 0 Å². The molecule has 0 aliphatic heterocycles. The van der Waals surface area contributed by atoms with Gasteiger partial charge < -0.3 is 4.57 Å². The van der Waals surface area contributed by atoms with E-state index in [1.165, 1.54) is 30.3 Å². The lowest BCUT2D eigenvalue weighted by molar-refractivity contribution is 0.240. The number of imidazole rings is 1. The van der Waals surface area contributed by atoms with Crippen LogP contribution in [0.5, 0.6) is 0 Å². The van der Waals surface area contributed by atoms with Crippen molar-refractivity contribution in [2.24, 2.45) is 23.7 Å². The van der Waals surface area contributed by atoms with Crippen LogP contribution in [-0.4, -0.2) is 18.7 Å². The van der Waals surface area contributed by atoms with E-state index in [4.69, 9.17) is 4.98 Å². The molecule has 4 aliphatic rings. The maximum atomic E-state index is 13.3.